The predicted molar refractivity (Wildman–Crippen MR) is 202 cm³/mol. The molecule has 3 aliphatic heterocycles. The van der Waals surface area contributed by atoms with Crippen LogP contribution >= 0.6 is 0 Å². The monoisotopic (exact) mass is 746 g/mol. The van der Waals surface area contributed by atoms with Crippen LogP contribution in [-0.4, -0.2) is 90.5 Å². The van der Waals surface area contributed by atoms with Crippen molar-refractivity contribution < 1.29 is 33.8 Å². The Kier molecular flexibility index (Phi) is 10.9. The molecule has 3 fully saturated rings. The first-order valence-electron chi connectivity index (χ1n) is 18.7. The molecule has 1 aromatic heterocycles. The van der Waals surface area contributed by atoms with E-state index in [4.69, 9.17) is 9.47 Å². The van der Waals surface area contributed by atoms with Gasteiger partial charge in [0.15, 0.2) is 0 Å². The molecule has 0 saturated carbocycles. The number of fused-ring (bicyclic) bond motifs is 2. The molecule has 0 radical (unpaired) electrons. The third-order valence-corrected chi connectivity index (χ3v) is 11.1. The Morgan fingerprint density at radius 2 is 1.73 bits per heavy atom. The highest BCUT2D eigenvalue weighted by atomic mass is 16.6. The fourth-order valence-corrected chi connectivity index (χ4v) is 8.67. The van der Waals surface area contributed by atoms with Gasteiger partial charge >= 0.3 is 5.97 Å². The summed E-state index contributed by atoms with van der Waals surface area (Å²) < 4.78 is 14.6. The third-order valence-electron chi connectivity index (χ3n) is 11.1. The number of esters is 1. The molecule has 3 amide bonds. The number of hydrogen-bond acceptors (Lipinski definition) is 9. The summed E-state index contributed by atoms with van der Waals surface area (Å²) in [6.07, 6.45) is 3.17. The Balaban J connectivity index is 1.25. The summed E-state index contributed by atoms with van der Waals surface area (Å²) in [5, 5.41) is 22.4. The van der Waals surface area contributed by atoms with Gasteiger partial charge < -0.3 is 29.7 Å². The van der Waals surface area contributed by atoms with Crippen LogP contribution in [0, 0.1) is 11.8 Å². The van der Waals surface area contributed by atoms with Crippen molar-refractivity contribution in [2.75, 3.05) is 13.2 Å². The van der Waals surface area contributed by atoms with Crippen molar-refractivity contribution >= 4 is 34.7 Å². The van der Waals surface area contributed by atoms with E-state index >= 15 is 9.59 Å². The number of carbonyl (C=O) groups excluding carboxylic acids is 4. The van der Waals surface area contributed by atoms with Crippen LogP contribution in [0.2, 0.25) is 0 Å². The Morgan fingerprint density at radius 1 is 1.04 bits per heavy atom. The minimum atomic E-state index is -1.39. The summed E-state index contributed by atoms with van der Waals surface area (Å²) in [6, 6.07) is 22.8. The van der Waals surface area contributed by atoms with Crippen LogP contribution in [-0.2, 0) is 35.3 Å². The number of aliphatic hydroxyl groups excluding tert-OH is 1. The second-order valence-electron chi connectivity index (χ2n) is 14.4. The van der Waals surface area contributed by atoms with Crippen LogP contribution in [0.4, 0.5) is 0 Å². The van der Waals surface area contributed by atoms with Gasteiger partial charge in [-0.25, -0.2) is 4.68 Å². The van der Waals surface area contributed by atoms with Crippen molar-refractivity contribution in [1.29, 1.82) is 0 Å². The number of amides is 3. The number of rotatable bonds is 16. The van der Waals surface area contributed by atoms with E-state index in [2.05, 4.69) is 28.8 Å². The van der Waals surface area contributed by atoms with Crippen LogP contribution < -0.4 is 5.32 Å². The first kappa shape index (κ1) is 37.6. The van der Waals surface area contributed by atoms with E-state index in [0.717, 1.165) is 5.52 Å². The van der Waals surface area contributed by atoms with Gasteiger partial charge in [-0.15, -0.1) is 18.3 Å². The van der Waals surface area contributed by atoms with Gasteiger partial charge in [0.25, 0.3) is 0 Å². The molecule has 1 spiro atoms. The lowest BCUT2D eigenvalue weighted by Gasteiger charge is -2.39. The summed E-state index contributed by atoms with van der Waals surface area (Å²) in [4.78, 5) is 60.4. The number of aromatic nitrogens is 3. The minimum absolute atomic E-state index is 0.00380. The van der Waals surface area contributed by atoms with E-state index in [1.165, 1.54) is 4.90 Å². The van der Waals surface area contributed by atoms with Gasteiger partial charge in [0.05, 0.1) is 42.1 Å². The van der Waals surface area contributed by atoms with Crippen LogP contribution in [0.25, 0.3) is 11.0 Å². The standard InChI is InChI=1S/C42H46N6O7/c1-4-6-21-34(50)43-27(3)37(29-17-11-8-12-18-29)54-41(53)35-33-22-23-42(55-33)36(35)39(51)48(32(25-49)28-15-9-7-10-16-28)38(42)40(52)46(24-5-2)26-47-31-20-14-13-19-30(31)44-45-47/h4-5,7-20,27,32-33,35-38,49H,1-2,6,21-26H2,3H3,(H,43,50)/t27-,32-,33-,35+,36+,37-,38-,42+/m1/s1. The van der Waals surface area contributed by atoms with Gasteiger partial charge in [0.1, 0.15) is 29.9 Å². The topological polar surface area (TPSA) is 156 Å². The van der Waals surface area contributed by atoms with Crippen molar-refractivity contribution in [2.24, 2.45) is 11.8 Å². The maximum Gasteiger partial charge on any atom is 0.313 e. The second kappa shape index (κ2) is 16.0. The number of likely N-dealkylation sites (tertiary alicyclic amines) is 1. The molecule has 3 aliphatic rings. The summed E-state index contributed by atoms with van der Waals surface area (Å²) in [5.74, 6) is -3.89. The van der Waals surface area contributed by atoms with Crippen molar-refractivity contribution in [3.63, 3.8) is 0 Å². The molecule has 7 rings (SSSR count). The minimum Gasteiger partial charge on any atom is -0.455 e. The molecule has 13 heteroatoms. The number of hydrogen-bond donors (Lipinski definition) is 2. The van der Waals surface area contributed by atoms with Gasteiger partial charge in [0, 0.05) is 13.0 Å². The highest BCUT2D eigenvalue weighted by Gasteiger charge is 2.76. The average Bonchev–Trinajstić information content (AvgIpc) is 3.96. The van der Waals surface area contributed by atoms with Gasteiger partial charge in [-0.2, -0.15) is 0 Å². The quantitative estimate of drug-likeness (QED) is 0.126. The third kappa shape index (κ3) is 6.94. The Morgan fingerprint density at radius 3 is 2.42 bits per heavy atom. The van der Waals surface area contributed by atoms with E-state index in [1.807, 2.05) is 60.7 Å². The number of nitrogens with zero attached hydrogens (tertiary/aromatic N) is 5. The van der Waals surface area contributed by atoms with Crippen molar-refractivity contribution in [1.82, 2.24) is 30.1 Å². The fourth-order valence-electron chi connectivity index (χ4n) is 8.67. The molecule has 4 heterocycles. The average molecular weight is 747 g/mol. The zero-order chi connectivity index (χ0) is 38.7. The number of para-hydroxylation sites is 1. The summed E-state index contributed by atoms with van der Waals surface area (Å²) in [5.41, 5.74) is 1.29. The van der Waals surface area contributed by atoms with Crippen LogP contribution in [0.15, 0.2) is 110 Å². The first-order chi connectivity index (χ1) is 26.7. The molecular weight excluding hydrogens is 700 g/mol. The van der Waals surface area contributed by atoms with Gasteiger partial charge in [-0.1, -0.05) is 90.2 Å². The van der Waals surface area contributed by atoms with Crippen LogP contribution in [0.1, 0.15) is 55.9 Å². The predicted octanol–water partition coefficient (Wildman–Crippen LogP) is 4.27. The smallest absolute Gasteiger partial charge is 0.313 e. The lowest BCUT2D eigenvalue weighted by atomic mass is 9.70. The van der Waals surface area contributed by atoms with E-state index in [1.54, 1.807) is 52.9 Å². The van der Waals surface area contributed by atoms with E-state index in [9.17, 15) is 14.7 Å². The van der Waals surface area contributed by atoms with Crippen LogP contribution in [0.3, 0.4) is 0 Å². The molecule has 8 atom stereocenters. The second-order valence-corrected chi connectivity index (χ2v) is 14.4. The van der Waals surface area contributed by atoms with Crippen molar-refractivity contribution in [3.05, 3.63) is 121 Å². The largest absolute Gasteiger partial charge is 0.455 e. The molecule has 0 unspecified atom stereocenters. The molecule has 0 aliphatic carbocycles. The summed E-state index contributed by atoms with van der Waals surface area (Å²) >= 11 is 0. The molecule has 2 N–H and O–H groups in total. The van der Waals surface area contributed by atoms with Crippen molar-refractivity contribution in [3.8, 4) is 0 Å². The Bertz CT molecular complexity index is 2060. The Labute approximate surface area is 319 Å². The fraction of sp³-hybridized carbons (Fsp3) is 0.381. The number of carbonyl (C=O) groups is 4. The highest BCUT2D eigenvalue weighted by molar-refractivity contribution is 5.98. The zero-order valence-corrected chi connectivity index (χ0v) is 30.8. The number of allylic oxidation sites excluding steroid dienone is 1. The van der Waals surface area contributed by atoms with E-state index < -0.39 is 72.2 Å². The first-order valence-corrected chi connectivity index (χ1v) is 18.7. The van der Waals surface area contributed by atoms with E-state index in [0.29, 0.717) is 35.9 Å². The zero-order valence-electron chi connectivity index (χ0n) is 30.8. The molecule has 4 aromatic rings. The normalized spacial score (nSPS) is 24.2. The SMILES string of the molecule is C=CCCC(=O)N[C@H](C)[C@@H](OC(=O)[C@@H]1[C@H]2C(=O)N([C@H](CO)c3ccccc3)[C@H](C(=O)N(CC=C)Cn3nnc4ccccc43)[C@]23CC[C@H]1O3)c1ccccc1. The van der Waals surface area contributed by atoms with E-state index in [-0.39, 0.29) is 25.5 Å². The molecular formula is C42H46N6O7. The van der Waals surface area contributed by atoms with Crippen LogP contribution in [0.5, 0.6) is 0 Å². The molecule has 3 aromatic carbocycles. The number of ether oxygens (including phenoxy) is 2. The van der Waals surface area contributed by atoms with Gasteiger partial charge in [-0.05, 0) is 49.4 Å². The molecule has 3 saturated heterocycles. The molecule has 55 heavy (non-hydrogen) atoms. The lowest BCUT2D eigenvalue weighted by molar-refractivity contribution is -0.162. The lowest BCUT2D eigenvalue weighted by Crippen LogP contribution is -2.57. The number of nitrogens with one attached hydrogen (secondary N) is 1. The molecule has 2 bridgehead atoms. The van der Waals surface area contributed by atoms with Crippen molar-refractivity contribution in [2.45, 2.75) is 75.2 Å². The maximum absolute atomic E-state index is 15.1. The van der Waals surface area contributed by atoms with Gasteiger partial charge in [0.2, 0.25) is 17.7 Å². The highest BCUT2D eigenvalue weighted by Crippen LogP contribution is 2.60. The molecule has 13 nitrogen and oxygen atoms in total. The Hall–Kier alpha value is -5.66. The number of benzene rings is 3. The summed E-state index contributed by atoms with van der Waals surface area (Å²) in [7, 11) is 0. The number of aliphatic hydroxyl groups is 1. The molecule has 286 valence electrons. The maximum atomic E-state index is 15.1. The summed E-state index contributed by atoms with van der Waals surface area (Å²) in [6.45, 7) is 9.00. The van der Waals surface area contributed by atoms with Gasteiger partial charge in [-0.3, -0.25) is 19.2 Å².